The highest BCUT2D eigenvalue weighted by Crippen LogP contribution is 2.08. The molecule has 0 aliphatic rings. The smallest absolute Gasteiger partial charge is 0.0923 e. The van der Waals surface area contributed by atoms with Crippen LogP contribution in [0, 0.1) is 0 Å². The van der Waals surface area contributed by atoms with E-state index in [4.69, 9.17) is 4.11 Å². The first-order chi connectivity index (χ1) is 6.07. The van der Waals surface area contributed by atoms with Crippen molar-refractivity contribution in [1.82, 2.24) is 9.78 Å². The highest BCUT2D eigenvalue weighted by Gasteiger charge is 1.92. The zero-order valence-electron chi connectivity index (χ0n) is 8.28. The molecule has 2 rings (SSSR count). The van der Waals surface area contributed by atoms with Crippen LogP contribution in [0.2, 0.25) is 0 Å². The lowest BCUT2D eigenvalue weighted by Crippen LogP contribution is -1.84. The minimum absolute atomic E-state index is 0.707. The van der Waals surface area contributed by atoms with Crippen LogP contribution in [0.4, 0.5) is 0 Å². The predicted octanol–water partition coefficient (Wildman–Crippen LogP) is 1.57. The topological polar surface area (TPSA) is 17.8 Å². The Labute approximate surface area is 63.3 Å². The molecule has 1 aromatic heterocycles. The number of aromatic nitrogens is 2. The maximum Gasteiger partial charge on any atom is 0.0923 e. The van der Waals surface area contributed by atoms with Crippen molar-refractivity contribution in [2.45, 2.75) is 0 Å². The molecule has 2 aromatic rings. The van der Waals surface area contributed by atoms with Gasteiger partial charge >= 0.3 is 0 Å². The van der Waals surface area contributed by atoms with Gasteiger partial charge in [-0.05, 0) is 6.07 Å². The summed E-state index contributed by atoms with van der Waals surface area (Å²) in [6, 6.07) is 7.31. The molecule has 1 aromatic carbocycles. The van der Waals surface area contributed by atoms with Crippen molar-refractivity contribution in [3.05, 3.63) is 30.5 Å². The van der Waals surface area contributed by atoms with Crippen LogP contribution in [0.1, 0.15) is 4.11 Å². The van der Waals surface area contributed by atoms with E-state index in [1.807, 2.05) is 18.2 Å². The minimum atomic E-state index is -2.18. The maximum atomic E-state index is 7.14. The van der Waals surface area contributed by atoms with Gasteiger partial charge in [-0.25, -0.2) is 0 Å². The van der Waals surface area contributed by atoms with Crippen LogP contribution in [0.5, 0.6) is 0 Å². The summed E-state index contributed by atoms with van der Waals surface area (Å²) in [5.41, 5.74) is 0.707. The second-order valence-electron chi connectivity index (χ2n) is 2.13. The number of fused-ring (bicyclic) bond motifs is 1. The molecule has 2 nitrogen and oxygen atoms in total. The molecule has 0 fully saturated rings. The van der Waals surface area contributed by atoms with E-state index in [1.165, 1.54) is 6.20 Å². The SMILES string of the molecule is [2H]C([2H])([2H])n1cc2ccccc2n1. The Morgan fingerprint density at radius 3 is 3.20 bits per heavy atom. The van der Waals surface area contributed by atoms with Crippen LogP contribution < -0.4 is 0 Å². The van der Waals surface area contributed by atoms with Crippen LogP contribution in [0.15, 0.2) is 30.5 Å². The lowest BCUT2D eigenvalue weighted by Gasteiger charge is -1.80. The van der Waals surface area contributed by atoms with Crippen molar-refractivity contribution in [3.8, 4) is 0 Å². The van der Waals surface area contributed by atoms with E-state index in [0.717, 1.165) is 10.1 Å². The Bertz CT molecular complexity index is 397. The van der Waals surface area contributed by atoms with Gasteiger partial charge in [0.05, 0.1) is 5.52 Å². The molecule has 0 spiro atoms. The van der Waals surface area contributed by atoms with Crippen LogP contribution in [0.25, 0.3) is 10.9 Å². The molecule has 0 saturated carbocycles. The zero-order chi connectivity index (χ0) is 9.47. The summed E-state index contributed by atoms with van der Waals surface area (Å²) in [4.78, 5) is 0. The maximum absolute atomic E-state index is 7.14. The van der Waals surface area contributed by atoms with Gasteiger partial charge in [0.15, 0.2) is 0 Å². The third-order valence-corrected chi connectivity index (χ3v) is 1.41. The summed E-state index contributed by atoms with van der Waals surface area (Å²) in [5, 5.41) is 4.78. The van der Waals surface area contributed by atoms with Gasteiger partial charge < -0.3 is 0 Å². The van der Waals surface area contributed by atoms with Crippen molar-refractivity contribution in [2.75, 3.05) is 0 Å². The molecule has 0 bridgehead atoms. The van der Waals surface area contributed by atoms with Gasteiger partial charge in [0.25, 0.3) is 0 Å². The Kier molecular flexibility index (Phi) is 0.586. The van der Waals surface area contributed by atoms with Crippen molar-refractivity contribution in [1.29, 1.82) is 0 Å². The highest BCUT2D eigenvalue weighted by atomic mass is 15.2. The number of rotatable bonds is 0. The Balaban J connectivity index is 2.63. The van der Waals surface area contributed by atoms with Gasteiger partial charge in [0.1, 0.15) is 0 Å². The molecule has 50 valence electrons. The van der Waals surface area contributed by atoms with E-state index in [-0.39, 0.29) is 0 Å². The summed E-state index contributed by atoms with van der Waals surface area (Å²) >= 11 is 0. The van der Waals surface area contributed by atoms with Crippen LogP contribution >= 0.6 is 0 Å². The van der Waals surface area contributed by atoms with Gasteiger partial charge in [-0.1, -0.05) is 18.2 Å². The predicted molar refractivity (Wildman–Crippen MR) is 40.7 cm³/mol. The fraction of sp³-hybridized carbons (Fsp3) is 0.125. The molecular weight excluding hydrogens is 124 g/mol. The fourth-order valence-electron chi connectivity index (χ4n) is 0.964. The molecule has 0 aliphatic carbocycles. The highest BCUT2D eigenvalue weighted by molar-refractivity contribution is 5.77. The quantitative estimate of drug-likeness (QED) is 0.536. The molecule has 2 heteroatoms. The molecule has 0 aliphatic heterocycles. The number of hydrogen-bond donors (Lipinski definition) is 0. The largest absolute Gasteiger partial charge is 0.275 e. The van der Waals surface area contributed by atoms with Gasteiger partial charge in [-0.15, -0.1) is 0 Å². The summed E-state index contributed by atoms with van der Waals surface area (Å²) < 4.78 is 22.4. The molecule has 0 radical (unpaired) electrons. The fourth-order valence-corrected chi connectivity index (χ4v) is 0.964. The normalized spacial score (nSPS) is 16.2. The first-order valence-electron chi connectivity index (χ1n) is 4.52. The summed E-state index contributed by atoms with van der Waals surface area (Å²) in [6.45, 7) is -2.18. The molecular formula is C8H8N2. The second-order valence-corrected chi connectivity index (χ2v) is 2.13. The molecule has 0 atom stereocenters. The molecule has 0 saturated heterocycles. The van der Waals surface area contributed by atoms with E-state index >= 15 is 0 Å². The minimum Gasteiger partial charge on any atom is -0.275 e. The lowest BCUT2D eigenvalue weighted by atomic mass is 10.3. The van der Waals surface area contributed by atoms with E-state index < -0.39 is 6.98 Å². The zero-order valence-corrected chi connectivity index (χ0v) is 5.28. The molecule has 0 N–H and O–H groups in total. The molecule has 10 heavy (non-hydrogen) atoms. The summed E-state index contributed by atoms with van der Waals surface area (Å²) in [6.07, 6.45) is 1.53. The number of benzene rings is 1. The second kappa shape index (κ2) is 1.84. The van der Waals surface area contributed by atoms with E-state index in [2.05, 4.69) is 5.10 Å². The van der Waals surface area contributed by atoms with E-state index in [0.29, 0.717) is 5.52 Å². The first kappa shape index (κ1) is 3.19. The van der Waals surface area contributed by atoms with Gasteiger partial charge in [-0.2, -0.15) is 5.10 Å². The van der Waals surface area contributed by atoms with Gasteiger partial charge in [-0.3, -0.25) is 4.68 Å². The van der Waals surface area contributed by atoms with E-state index in [1.54, 1.807) is 6.07 Å². The van der Waals surface area contributed by atoms with Crippen molar-refractivity contribution < 1.29 is 4.11 Å². The first-order valence-corrected chi connectivity index (χ1v) is 3.02. The summed E-state index contributed by atoms with van der Waals surface area (Å²) in [5.74, 6) is 0. The molecule has 0 unspecified atom stereocenters. The van der Waals surface area contributed by atoms with E-state index in [9.17, 15) is 0 Å². The van der Waals surface area contributed by atoms with Crippen molar-refractivity contribution >= 4 is 10.9 Å². The average molecular weight is 135 g/mol. The number of aryl methyl sites for hydroxylation is 1. The Morgan fingerprint density at radius 1 is 1.50 bits per heavy atom. The van der Waals surface area contributed by atoms with Crippen LogP contribution in [0.3, 0.4) is 0 Å². The van der Waals surface area contributed by atoms with Crippen molar-refractivity contribution in [2.24, 2.45) is 6.98 Å². The molecule has 0 amide bonds. The average Bonchev–Trinajstić information content (AvgIpc) is 2.45. The standard InChI is InChI=1S/C8H8N2/c1-10-6-7-4-2-3-5-8(7)9-10/h2-6H,1H3/i1D3. The third kappa shape index (κ3) is 0.692. The Hall–Kier alpha value is -1.31. The van der Waals surface area contributed by atoms with Gasteiger partial charge in [0, 0.05) is 22.7 Å². The third-order valence-electron chi connectivity index (χ3n) is 1.41. The monoisotopic (exact) mass is 135 g/mol. The van der Waals surface area contributed by atoms with Crippen LogP contribution in [-0.4, -0.2) is 9.78 Å². The lowest BCUT2D eigenvalue weighted by molar-refractivity contribution is 0.780. The summed E-state index contributed by atoms with van der Waals surface area (Å²) in [7, 11) is 0. The Morgan fingerprint density at radius 2 is 2.40 bits per heavy atom. The number of nitrogens with zero attached hydrogens (tertiary/aromatic N) is 2. The molecule has 1 heterocycles. The number of hydrogen-bond acceptors (Lipinski definition) is 1. The van der Waals surface area contributed by atoms with Gasteiger partial charge in [0.2, 0.25) is 0 Å². The van der Waals surface area contributed by atoms with Crippen molar-refractivity contribution in [3.63, 3.8) is 0 Å². The van der Waals surface area contributed by atoms with Crippen LogP contribution in [-0.2, 0) is 6.98 Å².